The number of hydrogen-bond donors (Lipinski definition) is 0. The predicted octanol–water partition coefficient (Wildman–Crippen LogP) is 4.61. The van der Waals surface area contributed by atoms with Gasteiger partial charge < -0.3 is 4.74 Å². The molecule has 3 aromatic rings. The van der Waals surface area contributed by atoms with Crippen LogP contribution in [0, 0.1) is 0 Å². The average molecular weight is 346 g/mol. The number of aromatic nitrogens is 3. The van der Waals surface area contributed by atoms with Crippen molar-refractivity contribution in [1.29, 1.82) is 0 Å². The molecule has 1 heterocycles. The van der Waals surface area contributed by atoms with Crippen LogP contribution in [0.2, 0.25) is 5.02 Å². The van der Waals surface area contributed by atoms with Crippen molar-refractivity contribution >= 4 is 23.4 Å². The van der Waals surface area contributed by atoms with Gasteiger partial charge in [-0.1, -0.05) is 48.5 Å². The van der Waals surface area contributed by atoms with E-state index in [1.165, 1.54) is 0 Å². The molecule has 0 radical (unpaired) electrons. The second kappa shape index (κ2) is 7.53. The maximum Gasteiger partial charge on any atom is 0.195 e. The third kappa shape index (κ3) is 3.86. The highest BCUT2D eigenvalue weighted by Crippen LogP contribution is 2.23. The maximum atomic E-state index is 5.89. The van der Waals surface area contributed by atoms with Crippen LogP contribution in [-0.2, 0) is 6.61 Å². The van der Waals surface area contributed by atoms with Gasteiger partial charge in [-0.3, -0.25) is 4.57 Å². The fourth-order valence-corrected chi connectivity index (χ4v) is 2.95. The fourth-order valence-electron chi connectivity index (χ4n) is 2.13. The number of rotatable bonds is 6. The summed E-state index contributed by atoms with van der Waals surface area (Å²) in [5, 5.41) is 10.1. The smallest absolute Gasteiger partial charge is 0.195 e. The Hall–Kier alpha value is -1.98. The lowest BCUT2D eigenvalue weighted by molar-refractivity contribution is 0.293. The van der Waals surface area contributed by atoms with E-state index < -0.39 is 0 Å². The van der Waals surface area contributed by atoms with Crippen molar-refractivity contribution < 1.29 is 4.74 Å². The quantitative estimate of drug-likeness (QED) is 0.611. The SMILES string of the molecule is CCSc1nnc(COc2ccc(Cl)cc2)n1-c1ccccc1. The van der Waals surface area contributed by atoms with E-state index in [1.807, 2.05) is 47.0 Å². The first-order valence-electron chi connectivity index (χ1n) is 7.29. The number of benzene rings is 2. The molecule has 3 rings (SSSR count). The summed E-state index contributed by atoms with van der Waals surface area (Å²) in [6.07, 6.45) is 0. The van der Waals surface area contributed by atoms with Crippen LogP contribution in [0.1, 0.15) is 12.7 Å². The first-order chi connectivity index (χ1) is 11.3. The highest BCUT2D eigenvalue weighted by atomic mass is 35.5. The Morgan fingerprint density at radius 1 is 1.04 bits per heavy atom. The highest BCUT2D eigenvalue weighted by molar-refractivity contribution is 7.99. The molecule has 2 aromatic carbocycles. The van der Waals surface area contributed by atoms with Gasteiger partial charge in [0.2, 0.25) is 0 Å². The first-order valence-corrected chi connectivity index (χ1v) is 8.65. The molecule has 6 heteroatoms. The van der Waals surface area contributed by atoms with E-state index in [1.54, 1.807) is 23.9 Å². The first kappa shape index (κ1) is 15.9. The van der Waals surface area contributed by atoms with Crippen LogP contribution in [0.15, 0.2) is 59.8 Å². The monoisotopic (exact) mass is 345 g/mol. The second-order valence-electron chi connectivity index (χ2n) is 4.75. The molecule has 0 spiro atoms. The molecular formula is C17H16ClN3OS. The molecule has 0 N–H and O–H groups in total. The Kier molecular flexibility index (Phi) is 5.20. The lowest BCUT2D eigenvalue weighted by Gasteiger charge is -2.10. The topological polar surface area (TPSA) is 39.9 Å². The summed E-state index contributed by atoms with van der Waals surface area (Å²) in [4.78, 5) is 0. The number of hydrogen-bond acceptors (Lipinski definition) is 4. The van der Waals surface area contributed by atoms with Crippen LogP contribution < -0.4 is 4.74 Å². The van der Waals surface area contributed by atoms with Crippen molar-refractivity contribution in [3.05, 3.63) is 65.4 Å². The van der Waals surface area contributed by atoms with E-state index in [0.29, 0.717) is 11.6 Å². The lowest BCUT2D eigenvalue weighted by atomic mass is 10.3. The van der Waals surface area contributed by atoms with E-state index in [2.05, 4.69) is 17.1 Å². The van der Waals surface area contributed by atoms with Gasteiger partial charge >= 0.3 is 0 Å². The minimum Gasteiger partial charge on any atom is -0.486 e. The zero-order chi connectivity index (χ0) is 16.1. The molecule has 0 saturated carbocycles. The standard InChI is InChI=1S/C17H16ClN3OS/c1-2-23-17-20-19-16(21(17)14-6-4-3-5-7-14)12-22-15-10-8-13(18)9-11-15/h3-11H,2,12H2,1H3. The van der Waals surface area contributed by atoms with Gasteiger partial charge in [0.15, 0.2) is 11.0 Å². The van der Waals surface area contributed by atoms with Crippen LogP contribution >= 0.6 is 23.4 Å². The summed E-state index contributed by atoms with van der Waals surface area (Å²) in [7, 11) is 0. The van der Waals surface area contributed by atoms with Crippen molar-refractivity contribution in [3.8, 4) is 11.4 Å². The Bertz CT molecular complexity index is 759. The van der Waals surface area contributed by atoms with Gasteiger partial charge in [0.05, 0.1) is 0 Å². The van der Waals surface area contributed by atoms with Gasteiger partial charge in [-0.05, 0) is 42.2 Å². The highest BCUT2D eigenvalue weighted by Gasteiger charge is 2.14. The minimum atomic E-state index is 0.341. The third-order valence-electron chi connectivity index (χ3n) is 3.17. The van der Waals surface area contributed by atoms with E-state index >= 15 is 0 Å². The van der Waals surface area contributed by atoms with E-state index in [9.17, 15) is 0 Å². The van der Waals surface area contributed by atoms with Crippen LogP contribution in [0.4, 0.5) is 0 Å². The Morgan fingerprint density at radius 2 is 1.78 bits per heavy atom. The van der Waals surface area contributed by atoms with Gasteiger partial charge in [0, 0.05) is 10.7 Å². The number of nitrogens with zero attached hydrogens (tertiary/aromatic N) is 3. The van der Waals surface area contributed by atoms with Crippen LogP contribution in [0.3, 0.4) is 0 Å². The third-order valence-corrected chi connectivity index (χ3v) is 4.23. The summed E-state index contributed by atoms with van der Waals surface area (Å²) in [6, 6.07) is 17.3. The molecule has 0 unspecified atom stereocenters. The molecule has 0 aliphatic heterocycles. The molecule has 118 valence electrons. The molecule has 0 fully saturated rings. The Labute approximate surface area is 144 Å². The zero-order valence-electron chi connectivity index (χ0n) is 12.6. The summed E-state index contributed by atoms with van der Waals surface area (Å²) < 4.78 is 7.84. The number of halogens is 1. The number of para-hydroxylation sites is 1. The molecule has 23 heavy (non-hydrogen) atoms. The fraction of sp³-hybridized carbons (Fsp3) is 0.176. The number of thioether (sulfide) groups is 1. The molecule has 0 aliphatic carbocycles. The van der Waals surface area contributed by atoms with Crippen LogP contribution in [0.25, 0.3) is 5.69 Å². The largest absolute Gasteiger partial charge is 0.486 e. The lowest BCUT2D eigenvalue weighted by Crippen LogP contribution is -2.06. The van der Waals surface area contributed by atoms with Crippen molar-refractivity contribution in [2.75, 3.05) is 5.75 Å². The van der Waals surface area contributed by atoms with E-state index in [0.717, 1.165) is 28.2 Å². The van der Waals surface area contributed by atoms with Gasteiger partial charge in [-0.25, -0.2) is 0 Å². The average Bonchev–Trinajstić information content (AvgIpc) is 2.98. The van der Waals surface area contributed by atoms with Crippen molar-refractivity contribution in [3.63, 3.8) is 0 Å². The molecule has 0 atom stereocenters. The molecule has 0 amide bonds. The van der Waals surface area contributed by atoms with Crippen molar-refractivity contribution in [2.45, 2.75) is 18.7 Å². The normalized spacial score (nSPS) is 10.7. The molecule has 4 nitrogen and oxygen atoms in total. The summed E-state index contributed by atoms with van der Waals surface area (Å²) in [5.74, 6) is 2.45. The summed E-state index contributed by atoms with van der Waals surface area (Å²) >= 11 is 7.54. The van der Waals surface area contributed by atoms with Gasteiger partial charge in [0.25, 0.3) is 0 Å². The zero-order valence-corrected chi connectivity index (χ0v) is 14.2. The van der Waals surface area contributed by atoms with E-state index in [4.69, 9.17) is 16.3 Å². The molecule has 0 saturated heterocycles. The van der Waals surface area contributed by atoms with Gasteiger partial charge in [-0.2, -0.15) is 0 Å². The maximum absolute atomic E-state index is 5.89. The van der Waals surface area contributed by atoms with Crippen molar-refractivity contribution in [2.24, 2.45) is 0 Å². The van der Waals surface area contributed by atoms with Crippen LogP contribution in [0.5, 0.6) is 5.75 Å². The molecule has 0 bridgehead atoms. The number of ether oxygens (including phenoxy) is 1. The summed E-state index contributed by atoms with van der Waals surface area (Å²) in [5.41, 5.74) is 1.03. The van der Waals surface area contributed by atoms with E-state index in [-0.39, 0.29) is 0 Å². The van der Waals surface area contributed by atoms with Crippen LogP contribution in [-0.4, -0.2) is 20.5 Å². The minimum absolute atomic E-state index is 0.341. The molecular weight excluding hydrogens is 330 g/mol. The molecule has 0 aliphatic rings. The Morgan fingerprint density at radius 3 is 2.48 bits per heavy atom. The van der Waals surface area contributed by atoms with Gasteiger partial charge in [-0.15, -0.1) is 10.2 Å². The van der Waals surface area contributed by atoms with Crippen molar-refractivity contribution in [1.82, 2.24) is 14.8 Å². The molecule has 1 aromatic heterocycles. The Balaban J connectivity index is 1.85. The summed E-state index contributed by atoms with van der Waals surface area (Å²) in [6.45, 7) is 2.44. The predicted molar refractivity (Wildman–Crippen MR) is 93.5 cm³/mol. The van der Waals surface area contributed by atoms with Gasteiger partial charge in [0.1, 0.15) is 12.4 Å². The second-order valence-corrected chi connectivity index (χ2v) is 6.41.